The number of nitrogens with zero attached hydrogens (tertiary/aromatic N) is 1. The Balaban J connectivity index is 1.79. The van der Waals surface area contributed by atoms with Crippen molar-refractivity contribution in [3.8, 4) is 0 Å². The maximum atomic E-state index is 12.1. The smallest absolute Gasteiger partial charge is 0.243 e. The number of aliphatic imine (C=N–C) groups is 1. The van der Waals surface area contributed by atoms with Gasteiger partial charge in [-0.3, -0.25) is 9.79 Å². The molecule has 0 aromatic heterocycles. The average molecular weight is 359 g/mol. The highest BCUT2D eigenvalue weighted by molar-refractivity contribution is 6.30. The van der Waals surface area contributed by atoms with Gasteiger partial charge in [-0.1, -0.05) is 42.8 Å². The van der Waals surface area contributed by atoms with Crippen LogP contribution >= 0.6 is 11.6 Å². The Labute approximate surface area is 153 Å². The van der Waals surface area contributed by atoms with Gasteiger partial charge in [0.1, 0.15) is 0 Å². The van der Waals surface area contributed by atoms with Crippen LogP contribution in [0.15, 0.2) is 53.5 Å². The lowest BCUT2D eigenvalue weighted by Crippen LogP contribution is -2.41. The second kappa shape index (κ2) is 9.69. The molecule has 0 bridgehead atoms. The molecule has 132 valence electrons. The predicted molar refractivity (Wildman–Crippen MR) is 104 cm³/mol. The highest BCUT2D eigenvalue weighted by Gasteiger charge is 2.05. The van der Waals surface area contributed by atoms with Gasteiger partial charge in [-0.25, -0.2) is 0 Å². The Morgan fingerprint density at radius 1 is 1.08 bits per heavy atom. The number of hydrogen-bond acceptors (Lipinski definition) is 2. The lowest BCUT2D eigenvalue weighted by Gasteiger charge is -2.12. The standard InChI is InChI=1S/C19H23ClN4O/c1-3-14-5-4-6-17(11-14)24-18(25)13-23-19(21-2)22-12-15-7-9-16(20)10-8-15/h4-11H,3,12-13H2,1-2H3,(H,24,25)(H2,21,22,23). The van der Waals surface area contributed by atoms with Gasteiger partial charge in [0.05, 0.1) is 6.54 Å². The first-order valence-corrected chi connectivity index (χ1v) is 8.56. The van der Waals surface area contributed by atoms with Gasteiger partial charge in [0, 0.05) is 24.3 Å². The molecule has 0 heterocycles. The van der Waals surface area contributed by atoms with Crippen molar-refractivity contribution in [2.24, 2.45) is 4.99 Å². The molecule has 5 nitrogen and oxygen atoms in total. The maximum absolute atomic E-state index is 12.1. The van der Waals surface area contributed by atoms with E-state index in [1.807, 2.05) is 48.5 Å². The first-order chi connectivity index (χ1) is 12.1. The van der Waals surface area contributed by atoms with Crippen LogP contribution in [0, 0.1) is 0 Å². The van der Waals surface area contributed by atoms with Gasteiger partial charge in [-0.2, -0.15) is 0 Å². The highest BCUT2D eigenvalue weighted by atomic mass is 35.5. The molecule has 0 radical (unpaired) electrons. The van der Waals surface area contributed by atoms with E-state index in [0.717, 1.165) is 17.7 Å². The van der Waals surface area contributed by atoms with Gasteiger partial charge in [0.25, 0.3) is 0 Å². The van der Waals surface area contributed by atoms with Gasteiger partial charge in [0.2, 0.25) is 5.91 Å². The van der Waals surface area contributed by atoms with E-state index >= 15 is 0 Å². The molecule has 0 aliphatic carbocycles. The van der Waals surface area contributed by atoms with E-state index in [2.05, 4.69) is 27.9 Å². The number of benzene rings is 2. The van der Waals surface area contributed by atoms with Crippen molar-refractivity contribution in [2.45, 2.75) is 19.9 Å². The third-order valence-electron chi connectivity index (χ3n) is 3.63. The lowest BCUT2D eigenvalue weighted by molar-refractivity contribution is -0.115. The monoisotopic (exact) mass is 358 g/mol. The summed E-state index contributed by atoms with van der Waals surface area (Å²) in [6.45, 7) is 2.81. The first kappa shape index (κ1) is 18.8. The van der Waals surface area contributed by atoms with Gasteiger partial charge in [0.15, 0.2) is 5.96 Å². The fraction of sp³-hybridized carbons (Fsp3) is 0.263. The quantitative estimate of drug-likeness (QED) is 0.548. The Kier molecular flexibility index (Phi) is 7.29. The summed E-state index contributed by atoms with van der Waals surface area (Å²) < 4.78 is 0. The first-order valence-electron chi connectivity index (χ1n) is 8.18. The summed E-state index contributed by atoms with van der Waals surface area (Å²) >= 11 is 5.87. The van der Waals surface area contributed by atoms with Crippen LogP contribution < -0.4 is 16.0 Å². The molecule has 25 heavy (non-hydrogen) atoms. The van der Waals surface area contributed by atoms with Crippen LogP contribution in [0.2, 0.25) is 5.02 Å². The van der Waals surface area contributed by atoms with E-state index in [1.54, 1.807) is 7.05 Å². The van der Waals surface area contributed by atoms with Gasteiger partial charge in [-0.05, 0) is 41.8 Å². The maximum Gasteiger partial charge on any atom is 0.243 e. The Bertz CT molecular complexity index is 728. The fourth-order valence-electron chi connectivity index (χ4n) is 2.25. The number of guanidine groups is 1. The zero-order chi connectivity index (χ0) is 18.1. The molecule has 6 heteroatoms. The van der Waals surface area contributed by atoms with Crippen molar-refractivity contribution in [3.05, 3.63) is 64.7 Å². The molecule has 0 atom stereocenters. The number of carbonyl (C=O) groups is 1. The molecule has 2 aromatic carbocycles. The van der Waals surface area contributed by atoms with E-state index in [1.165, 1.54) is 5.56 Å². The van der Waals surface area contributed by atoms with Crippen LogP contribution in [-0.2, 0) is 17.8 Å². The van der Waals surface area contributed by atoms with Crippen molar-refractivity contribution in [1.29, 1.82) is 0 Å². The molecule has 0 saturated heterocycles. The molecule has 0 spiro atoms. The number of amides is 1. The van der Waals surface area contributed by atoms with E-state index < -0.39 is 0 Å². The van der Waals surface area contributed by atoms with Crippen LogP contribution in [0.25, 0.3) is 0 Å². The molecule has 0 aliphatic heterocycles. The van der Waals surface area contributed by atoms with Crippen LogP contribution in [0.5, 0.6) is 0 Å². The number of aryl methyl sites for hydroxylation is 1. The second-order valence-corrected chi connectivity index (χ2v) is 5.94. The Morgan fingerprint density at radius 2 is 1.84 bits per heavy atom. The fourth-order valence-corrected chi connectivity index (χ4v) is 2.37. The summed E-state index contributed by atoms with van der Waals surface area (Å²) in [7, 11) is 1.67. The number of halogens is 1. The van der Waals surface area contributed by atoms with Gasteiger partial charge in [-0.15, -0.1) is 0 Å². The molecule has 0 fully saturated rings. The number of anilines is 1. The number of nitrogens with one attached hydrogen (secondary N) is 3. The summed E-state index contributed by atoms with van der Waals surface area (Å²) in [5, 5.41) is 9.74. The van der Waals surface area contributed by atoms with Gasteiger partial charge >= 0.3 is 0 Å². The lowest BCUT2D eigenvalue weighted by atomic mass is 10.1. The summed E-state index contributed by atoms with van der Waals surface area (Å²) in [6, 6.07) is 15.4. The predicted octanol–water partition coefficient (Wildman–Crippen LogP) is 3.21. The molecule has 2 aromatic rings. The van der Waals surface area contributed by atoms with E-state index in [9.17, 15) is 4.79 Å². The SMILES string of the molecule is CCc1cccc(NC(=O)CNC(=NC)NCc2ccc(Cl)cc2)c1. The molecule has 0 saturated carbocycles. The van der Waals surface area contributed by atoms with Crippen LogP contribution in [0.1, 0.15) is 18.1 Å². The van der Waals surface area contributed by atoms with Crippen molar-refractivity contribution in [3.63, 3.8) is 0 Å². The number of carbonyl (C=O) groups excluding carboxylic acids is 1. The van der Waals surface area contributed by atoms with Crippen molar-refractivity contribution < 1.29 is 4.79 Å². The average Bonchev–Trinajstić information content (AvgIpc) is 2.63. The summed E-state index contributed by atoms with van der Waals surface area (Å²) in [5.74, 6) is 0.440. The number of hydrogen-bond donors (Lipinski definition) is 3. The van der Waals surface area contributed by atoms with E-state index in [0.29, 0.717) is 17.5 Å². The highest BCUT2D eigenvalue weighted by Crippen LogP contribution is 2.11. The normalized spacial score (nSPS) is 11.1. The Morgan fingerprint density at radius 3 is 2.52 bits per heavy atom. The summed E-state index contributed by atoms with van der Waals surface area (Å²) in [4.78, 5) is 16.2. The van der Waals surface area contributed by atoms with Crippen molar-refractivity contribution in [2.75, 3.05) is 18.9 Å². The van der Waals surface area contributed by atoms with Gasteiger partial charge < -0.3 is 16.0 Å². The second-order valence-electron chi connectivity index (χ2n) is 5.51. The topological polar surface area (TPSA) is 65.5 Å². The van der Waals surface area contributed by atoms with Crippen LogP contribution in [0.3, 0.4) is 0 Å². The third kappa shape index (κ3) is 6.47. The van der Waals surface area contributed by atoms with E-state index in [4.69, 9.17) is 11.6 Å². The minimum absolute atomic E-state index is 0.123. The molecular weight excluding hydrogens is 336 g/mol. The molecule has 3 N–H and O–H groups in total. The van der Waals surface area contributed by atoms with Crippen LogP contribution in [-0.4, -0.2) is 25.5 Å². The largest absolute Gasteiger partial charge is 0.352 e. The summed E-state index contributed by atoms with van der Waals surface area (Å²) in [5.41, 5.74) is 3.06. The minimum Gasteiger partial charge on any atom is -0.352 e. The summed E-state index contributed by atoms with van der Waals surface area (Å²) in [6.07, 6.45) is 0.934. The van der Waals surface area contributed by atoms with E-state index in [-0.39, 0.29) is 12.5 Å². The molecule has 0 unspecified atom stereocenters. The Hall–Kier alpha value is -2.53. The molecule has 0 aliphatic rings. The zero-order valence-corrected chi connectivity index (χ0v) is 15.2. The zero-order valence-electron chi connectivity index (χ0n) is 14.5. The molecule has 2 rings (SSSR count). The van der Waals surface area contributed by atoms with Crippen molar-refractivity contribution >= 4 is 29.2 Å². The number of rotatable bonds is 6. The van der Waals surface area contributed by atoms with Crippen molar-refractivity contribution in [1.82, 2.24) is 10.6 Å². The molecule has 1 amide bonds. The minimum atomic E-state index is -0.123. The molecular formula is C19H23ClN4O. The third-order valence-corrected chi connectivity index (χ3v) is 3.88. The van der Waals surface area contributed by atoms with Crippen LogP contribution in [0.4, 0.5) is 5.69 Å².